The van der Waals surface area contributed by atoms with Crippen LogP contribution < -0.4 is 0 Å². The van der Waals surface area contributed by atoms with Gasteiger partial charge in [0.2, 0.25) is 0 Å². The molecule has 5 nitrogen and oxygen atoms in total. The van der Waals surface area contributed by atoms with E-state index in [0.717, 1.165) is 0 Å². The first-order chi connectivity index (χ1) is 11.0. The second-order valence-electron chi connectivity index (χ2n) is 7.13. The molecule has 1 aliphatic rings. The van der Waals surface area contributed by atoms with Crippen LogP contribution >= 0.6 is 11.6 Å². The van der Waals surface area contributed by atoms with Crippen molar-refractivity contribution in [2.75, 3.05) is 13.2 Å². The third kappa shape index (κ3) is 4.99. The Labute approximate surface area is 149 Å². The molecule has 0 saturated carbocycles. The molecule has 0 amide bonds. The molecule has 1 radical (unpaired) electrons. The third-order valence-corrected chi connectivity index (χ3v) is 9.26. The fourth-order valence-corrected chi connectivity index (χ4v) is 3.17. The Morgan fingerprint density at radius 3 is 2.58 bits per heavy atom. The summed E-state index contributed by atoms with van der Waals surface area (Å²) >= 11 is 5.95. The summed E-state index contributed by atoms with van der Waals surface area (Å²) in [6, 6.07) is -0.823. The molecule has 24 heavy (non-hydrogen) atoms. The van der Waals surface area contributed by atoms with E-state index in [0.29, 0.717) is 12.4 Å². The highest BCUT2D eigenvalue weighted by atomic mass is 35.5. The lowest BCUT2D eigenvalue weighted by atomic mass is 9.97. The minimum Gasteiger partial charge on any atom is -0.497 e. The van der Waals surface area contributed by atoms with Crippen LogP contribution in [0.5, 0.6) is 0 Å². The van der Waals surface area contributed by atoms with E-state index < -0.39 is 20.2 Å². The van der Waals surface area contributed by atoms with Crippen LogP contribution in [0.15, 0.2) is 27.3 Å². The van der Waals surface area contributed by atoms with Crippen LogP contribution in [0.4, 0.5) is 4.39 Å². The maximum absolute atomic E-state index is 14.6. The molecule has 1 unspecified atom stereocenters. The highest BCUT2D eigenvalue weighted by Gasteiger charge is 2.38. The van der Waals surface area contributed by atoms with E-state index in [2.05, 4.69) is 43.9 Å². The lowest BCUT2D eigenvalue weighted by molar-refractivity contribution is 0.220. The van der Waals surface area contributed by atoms with E-state index >= 15 is 0 Å². The van der Waals surface area contributed by atoms with Crippen LogP contribution in [0.2, 0.25) is 18.1 Å². The van der Waals surface area contributed by atoms with Gasteiger partial charge in [-0.1, -0.05) is 37.5 Å². The minimum absolute atomic E-state index is 0.00421. The van der Waals surface area contributed by atoms with E-state index in [1.165, 1.54) is 0 Å². The summed E-state index contributed by atoms with van der Waals surface area (Å²) in [5.74, 6) is -0.213. The Bertz CT molecular complexity index is 574. The Balaban J connectivity index is 3.16. The molecule has 0 N–H and O–H groups in total. The van der Waals surface area contributed by atoms with E-state index in [-0.39, 0.29) is 28.7 Å². The van der Waals surface area contributed by atoms with Crippen LogP contribution in [0.1, 0.15) is 34.1 Å². The monoisotopic (exact) mass is 374 g/mol. The maximum Gasteiger partial charge on any atom is 0.192 e. The van der Waals surface area contributed by atoms with E-state index in [9.17, 15) is 4.39 Å². The van der Waals surface area contributed by atoms with Crippen molar-refractivity contribution in [1.29, 1.82) is 0 Å². The van der Waals surface area contributed by atoms with Crippen molar-refractivity contribution in [2.45, 2.75) is 58.3 Å². The topological polar surface area (TPSA) is 67.2 Å². The molecule has 0 bridgehead atoms. The molecule has 0 aliphatic heterocycles. The van der Waals surface area contributed by atoms with Crippen LogP contribution in [0, 0.1) is 6.42 Å². The van der Waals surface area contributed by atoms with Gasteiger partial charge in [0.1, 0.15) is 11.6 Å². The summed E-state index contributed by atoms with van der Waals surface area (Å²) in [7, 11) is -2.07. The molecule has 0 fully saturated rings. The molecule has 0 heterocycles. The van der Waals surface area contributed by atoms with Gasteiger partial charge < -0.3 is 9.16 Å². The number of ether oxygens (including phenoxy) is 1. The summed E-state index contributed by atoms with van der Waals surface area (Å²) in [6.07, 6.45) is 1.97. The van der Waals surface area contributed by atoms with Crippen molar-refractivity contribution < 1.29 is 13.6 Å². The Kier molecular flexibility index (Phi) is 7.35. The van der Waals surface area contributed by atoms with Gasteiger partial charge in [-0.15, -0.1) is 0 Å². The van der Waals surface area contributed by atoms with Crippen LogP contribution in [0.25, 0.3) is 10.4 Å². The number of hydrogen-bond donors (Lipinski definition) is 0. The quantitative estimate of drug-likeness (QED) is 0.237. The van der Waals surface area contributed by atoms with Crippen molar-refractivity contribution in [3.63, 3.8) is 0 Å². The maximum atomic E-state index is 14.6. The zero-order valence-corrected chi connectivity index (χ0v) is 16.9. The Morgan fingerprint density at radius 2 is 2.08 bits per heavy atom. The lowest BCUT2D eigenvalue weighted by Gasteiger charge is -2.37. The molecular weight excluding hydrogens is 349 g/mol. The molecule has 135 valence electrons. The van der Waals surface area contributed by atoms with Crippen molar-refractivity contribution in [2.24, 2.45) is 5.11 Å². The molecule has 0 aromatic heterocycles. The molecule has 0 aromatic carbocycles. The van der Waals surface area contributed by atoms with Gasteiger partial charge >= 0.3 is 0 Å². The number of allylic oxidation sites excluding steroid dienone is 2. The summed E-state index contributed by atoms with van der Waals surface area (Å²) in [6.45, 7) is 12.8. The summed E-state index contributed by atoms with van der Waals surface area (Å²) < 4.78 is 26.2. The smallest absolute Gasteiger partial charge is 0.192 e. The largest absolute Gasteiger partial charge is 0.497 e. The summed E-state index contributed by atoms with van der Waals surface area (Å²) in [5, 5.41) is 3.82. The number of nitrogens with zero attached hydrogens (tertiary/aromatic N) is 3. The summed E-state index contributed by atoms with van der Waals surface area (Å²) in [4.78, 5) is 2.85. The molecular formula is C16H26ClFN3O2Si. The molecule has 0 spiro atoms. The van der Waals surface area contributed by atoms with Gasteiger partial charge in [0.25, 0.3) is 0 Å². The molecule has 0 aromatic rings. The van der Waals surface area contributed by atoms with Gasteiger partial charge in [-0.05, 0) is 37.0 Å². The zero-order chi connectivity index (χ0) is 18.5. The fourth-order valence-electron chi connectivity index (χ4n) is 1.98. The molecule has 0 saturated heterocycles. The van der Waals surface area contributed by atoms with E-state index in [1.807, 2.05) is 6.92 Å². The highest BCUT2D eigenvalue weighted by Crippen LogP contribution is 2.39. The van der Waals surface area contributed by atoms with Crippen LogP contribution in [0.3, 0.4) is 0 Å². The number of hydrogen-bond acceptors (Lipinski definition) is 3. The molecule has 1 rings (SSSR count). The van der Waals surface area contributed by atoms with Gasteiger partial charge in [-0.3, -0.25) is 0 Å². The van der Waals surface area contributed by atoms with Gasteiger partial charge in [-0.2, -0.15) is 0 Å². The van der Waals surface area contributed by atoms with Crippen LogP contribution in [-0.4, -0.2) is 27.6 Å². The molecule has 1 aliphatic carbocycles. The predicted octanol–water partition coefficient (Wildman–Crippen LogP) is 6.01. The number of rotatable bonds is 7. The normalized spacial score (nSPS) is 17.7. The molecule has 8 heteroatoms. The average molecular weight is 375 g/mol. The van der Waals surface area contributed by atoms with Crippen LogP contribution in [-0.2, 0) is 9.16 Å². The second-order valence-corrected chi connectivity index (χ2v) is 12.4. The van der Waals surface area contributed by atoms with Crippen molar-refractivity contribution in [1.82, 2.24) is 0 Å². The van der Waals surface area contributed by atoms with Gasteiger partial charge in [-0.25, -0.2) is 4.39 Å². The standard InChI is InChI=1S/C16H26ClFN3O2Si/c1-7-22-13-9-8-11(17)15(18)14(13)12(20-21-19)10-23-24(5,6)16(2,3)4/h9,12H,7-8,10H2,1-6H3. The first-order valence-corrected chi connectivity index (χ1v) is 11.3. The van der Waals surface area contributed by atoms with E-state index in [1.54, 1.807) is 6.42 Å². The van der Waals surface area contributed by atoms with Gasteiger partial charge in [0, 0.05) is 23.5 Å². The fraction of sp³-hybridized carbons (Fsp3) is 0.688. The van der Waals surface area contributed by atoms with Crippen molar-refractivity contribution in [3.8, 4) is 0 Å². The van der Waals surface area contributed by atoms with Gasteiger partial charge in [0.15, 0.2) is 8.32 Å². The summed E-state index contributed by atoms with van der Waals surface area (Å²) in [5.41, 5.74) is 9.06. The Hall–Kier alpha value is -1.01. The second kappa shape index (κ2) is 8.38. The lowest BCUT2D eigenvalue weighted by Crippen LogP contribution is -2.42. The number of azide groups is 1. The third-order valence-electron chi connectivity index (χ3n) is 4.44. The zero-order valence-electron chi connectivity index (χ0n) is 15.2. The van der Waals surface area contributed by atoms with E-state index in [4.69, 9.17) is 26.3 Å². The Morgan fingerprint density at radius 1 is 1.46 bits per heavy atom. The average Bonchev–Trinajstić information content (AvgIpc) is 2.47. The highest BCUT2D eigenvalue weighted by molar-refractivity contribution is 6.74. The van der Waals surface area contributed by atoms with Crippen molar-refractivity contribution >= 4 is 19.9 Å². The van der Waals surface area contributed by atoms with Crippen molar-refractivity contribution in [3.05, 3.63) is 39.1 Å². The molecule has 1 atom stereocenters. The minimum atomic E-state index is -2.07. The SMILES string of the molecule is CCOC1=C(C(CO[Si](C)(C)C(C)(C)C)N=[N+]=[N-])C(F)=C(Cl)C[CH]1. The first-order valence-electron chi connectivity index (χ1n) is 7.98. The number of halogens is 2. The predicted molar refractivity (Wildman–Crippen MR) is 97.6 cm³/mol. The van der Waals surface area contributed by atoms with Gasteiger partial charge in [0.05, 0.1) is 17.7 Å². The first kappa shape index (κ1) is 21.0.